The van der Waals surface area contributed by atoms with Crippen LogP contribution in [-0.4, -0.2) is 10.2 Å². The Labute approximate surface area is 136 Å². The van der Waals surface area contributed by atoms with Crippen molar-refractivity contribution in [2.24, 2.45) is 10.8 Å². The second-order valence-corrected chi connectivity index (χ2v) is 8.89. The monoisotopic (exact) mass is 306 g/mol. The molecule has 0 radical (unpaired) electrons. The van der Waals surface area contributed by atoms with Crippen LogP contribution < -0.4 is 0 Å². The first-order valence-corrected chi connectivity index (χ1v) is 8.52. The second kappa shape index (κ2) is 7.39. The summed E-state index contributed by atoms with van der Waals surface area (Å²) in [6.07, 6.45) is 5.97. The molecule has 0 fully saturated rings. The zero-order valence-electron chi connectivity index (χ0n) is 15.3. The van der Waals surface area contributed by atoms with Crippen molar-refractivity contribution in [2.45, 2.75) is 80.1 Å². The predicted octanol–water partition coefficient (Wildman–Crippen LogP) is 5.84. The van der Waals surface area contributed by atoms with Crippen LogP contribution >= 0.6 is 0 Å². The minimum Gasteiger partial charge on any atom is -0.508 e. The number of rotatable bonds is 6. The summed E-state index contributed by atoms with van der Waals surface area (Å²) in [6.45, 7) is 13.4. The van der Waals surface area contributed by atoms with Gasteiger partial charge in [-0.05, 0) is 61.5 Å². The Morgan fingerprint density at radius 2 is 1.00 bits per heavy atom. The summed E-state index contributed by atoms with van der Waals surface area (Å²) < 4.78 is 0. The van der Waals surface area contributed by atoms with Crippen LogP contribution in [0.25, 0.3) is 0 Å². The molecular formula is C20H34O2. The van der Waals surface area contributed by atoms with Gasteiger partial charge in [0.05, 0.1) is 0 Å². The molecule has 0 aliphatic heterocycles. The van der Waals surface area contributed by atoms with E-state index >= 15 is 0 Å². The maximum absolute atomic E-state index is 10.2. The molecular weight excluding hydrogens is 272 g/mol. The molecule has 0 saturated heterocycles. The van der Waals surface area contributed by atoms with Gasteiger partial charge in [0, 0.05) is 11.1 Å². The Morgan fingerprint density at radius 1 is 0.682 bits per heavy atom. The van der Waals surface area contributed by atoms with Gasteiger partial charge in [-0.3, -0.25) is 0 Å². The highest BCUT2D eigenvalue weighted by molar-refractivity contribution is 5.47. The van der Waals surface area contributed by atoms with Crippen LogP contribution in [0.1, 0.15) is 78.4 Å². The molecule has 0 atom stereocenters. The molecule has 0 bridgehead atoms. The first kappa shape index (κ1) is 18.9. The van der Waals surface area contributed by atoms with E-state index in [1.807, 2.05) is 0 Å². The van der Waals surface area contributed by atoms with Crippen molar-refractivity contribution in [1.82, 2.24) is 0 Å². The molecule has 0 amide bonds. The molecule has 0 unspecified atom stereocenters. The maximum Gasteiger partial charge on any atom is 0.119 e. The highest BCUT2D eigenvalue weighted by Crippen LogP contribution is 2.34. The van der Waals surface area contributed by atoms with Crippen molar-refractivity contribution < 1.29 is 10.2 Å². The van der Waals surface area contributed by atoms with E-state index in [1.54, 1.807) is 12.1 Å². The molecule has 2 nitrogen and oxygen atoms in total. The Hall–Kier alpha value is -1.18. The van der Waals surface area contributed by atoms with Gasteiger partial charge in [-0.2, -0.15) is 0 Å². The van der Waals surface area contributed by atoms with Crippen LogP contribution in [0.3, 0.4) is 0 Å². The summed E-state index contributed by atoms with van der Waals surface area (Å²) in [7, 11) is 0. The summed E-state index contributed by atoms with van der Waals surface area (Å²) >= 11 is 0. The van der Waals surface area contributed by atoms with Crippen molar-refractivity contribution >= 4 is 0 Å². The molecule has 1 rings (SSSR count). The van der Waals surface area contributed by atoms with E-state index < -0.39 is 0 Å². The maximum atomic E-state index is 10.2. The van der Waals surface area contributed by atoms with Crippen molar-refractivity contribution in [2.75, 3.05) is 0 Å². The van der Waals surface area contributed by atoms with E-state index in [0.717, 1.165) is 49.7 Å². The van der Waals surface area contributed by atoms with Crippen LogP contribution in [0.2, 0.25) is 0 Å². The summed E-state index contributed by atoms with van der Waals surface area (Å²) in [5, 5.41) is 20.4. The van der Waals surface area contributed by atoms with Gasteiger partial charge in [0.1, 0.15) is 11.5 Å². The Bertz CT molecular complexity index is 431. The number of aromatic hydroxyl groups is 2. The van der Waals surface area contributed by atoms with Crippen molar-refractivity contribution in [3.63, 3.8) is 0 Å². The highest BCUT2D eigenvalue weighted by Gasteiger charge is 2.16. The topological polar surface area (TPSA) is 40.5 Å². The van der Waals surface area contributed by atoms with Crippen molar-refractivity contribution in [3.8, 4) is 11.5 Å². The lowest BCUT2D eigenvalue weighted by Crippen LogP contribution is -2.07. The molecule has 0 spiro atoms. The number of phenolic OH excluding ortho intramolecular Hbond substituents is 2. The van der Waals surface area contributed by atoms with E-state index in [9.17, 15) is 10.2 Å². The Kier molecular flexibility index (Phi) is 6.34. The molecule has 1 aromatic rings. The largest absolute Gasteiger partial charge is 0.508 e. The number of phenols is 2. The average Bonchev–Trinajstić information content (AvgIpc) is 2.33. The van der Waals surface area contributed by atoms with E-state index in [0.29, 0.717) is 22.3 Å². The number of hydrogen-bond donors (Lipinski definition) is 2. The number of benzene rings is 1. The molecule has 0 heterocycles. The molecule has 1 aromatic carbocycles. The predicted molar refractivity (Wildman–Crippen MR) is 94.6 cm³/mol. The van der Waals surface area contributed by atoms with Gasteiger partial charge in [-0.1, -0.05) is 41.5 Å². The molecule has 126 valence electrons. The van der Waals surface area contributed by atoms with Gasteiger partial charge in [0.15, 0.2) is 0 Å². The first-order chi connectivity index (χ1) is 9.99. The fourth-order valence-corrected chi connectivity index (χ4v) is 2.82. The van der Waals surface area contributed by atoms with E-state index in [1.165, 1.54) is 0 Å². The van der Waals surface area contributed by atoms with Gasteiger partial charge >= 0.3 is 0 Å². The normalized spacial score (nSPS) is 12.6. The van der Waals surface area contributed by atoms with Crippen LogP contribution in [0.15, 0.2) is 12.1 Å². The Balaban J connectivity index is 2.79. The van der Waals surface area contributed by atoms with Crippen LogP contribution in [0.4, 0.5) is 0 Å². The van der Waals surface area contributed by atoms with Gasteiger partial charge in [-0.15, -0.1) is 0 Å². The smallest absolute Gasteiger partial charge is 0.119 e. The third kappa shape index (κ3) is 6.72. The van der Waals surface area contributed by atoms with Gasteiger partial charge in [0.2, 0.25) is 0 Å². The quantitative estimate of drug-likeness (QED) is 0.649. The molecule has 0 aromatic heterocycles. The van der Waals surface area contributed by atoms with Crippen LogP contribution in [0, 0.1) is 10.8 Å². The van der Waals surface area contributed by atoms with Gasteiger partial charge in [0.25, 0.3) is 0 Å². The average molecular weight is 306 g/mol. The van der Waals surface area contributed by atoms with Gasteiger partial charge < -0.3 is 10.2 Å². The molecule has 2 heteroatoms. The third-order valence-corrected chi connectivity index (χ3v) is 4.09. The van der Waals surface area contributed by atoms with E-state index in [-0.39, 0.29) is 0 Å². The third-order valence-electron chi connectivity index (χ3n) is 4.09. The standard InChI is InChI=1S/C20H34O2/c1-19(2,3)13-7-9-15-16(10-8-14-20(4,5)6)18(22)12-11-17(15)21/h11-12,21-22H,7-10,13-14H2,1-6H3. The minimum absolute atomic E-state index is 0.304. The second-order valence-electron chi connectivity index (χ2n) is 8.89. The summed E-state index contributed by atoms with van der Waals surface area (Å²) in [4.78, 5) is 0. The summed E-state index contributed by atoms with van der Waals surface area (Å²) in [5.41, 5.74) is 2.49. The zero-order chi connectivity index (χ0) is 17.0. The van der Waals surface area contributed by atoms with E-state index in [4.69, 9.17) is 0 Å². The van der Waals surface area contributed by atoms with Crippen molar-refractivity contribution in [3.05, 3.63) is 23.3 Å². The molecule has 0 aliphatic carbocycles. The molecule has 0 aliphatic rings. The molecule has 22 heavy (non-hydrogen) atoms. The lowest BCUT2D eigenvalue weighted by Gasteiger charge is -2.20. The highest BCUT2D eigenvalue weighted by atomic mass is 16.3. The SMILES string of the molecule is CC(C)(C)CCCc1c(O)ccc(O)c1CCCC(C)(C)C. The first-order valence-electron chi connectivity index (χ1n) is 8.52. The van der Waals surface area contributed by atoms with E-state index in [2.05, 4.69) is 41.5 Å². The van der Waals surface area contributed by atoms with Crippen LogP contribution in [-0.2, 0) is 12.8 Å². The number of hydrogen-bond acceptors (Lipinski definition) is 2. The molecule has 0 saturated carbocycles. The van der Waals surface area contributed by atoms with Gasteiger partial charge in [-0.25, -0.2) is 0 Å². The van der Waals surface area contributed by atoms with Crippen LogP contribution in [0.5, 0.6) is 11.5 Å². The Morgan fingerprint density at radius 3 is 1.27 bits per heavy atom. The fourth-order valence-electron chi connectivity index (χ4n) is 2.82. The lowest BCUT2D eigenvalue weighted by atomic mass is 9.86. The summed E-state index contributed by atoms with van der Waals surface area (Å²) in [5.74, 6) is 0.662. The fraction of sp³-hybridized carbons (Fsp3) is 0.700. The zero-order valence-corrected chi connectivity index (χ0v) is 15.3. The lowest BCUT2D eigenvalue weighted by molar-refractivity contribution is 0.359. The van der Waals surface area contributed by atoms with Crippen molar-refractivity contribution in [1.29, 1.82) is 0 Å². The molecule has 2 N–H and O–H groups in total. The minimum atomic E-state index is 0.304. The summed E-state index contributed by atoms with van der Waals surface area (Å²) in [6, 6.07) is 3.24.